The molecule has 0 fully saturated rings. The van der Waals surface area contributed by atoms with Crippen molar-refractivity contribution >= 4 is 27.4 Å². The van der Waals surface area contributed by atoms with E-state index in [1.807, 2.05) is 6.92 Å². The van der Waals surface area contributed by atoms with Crippen molar-refractivity contribution in [1.82, 2.24) is 9.78 Å². The number of sulfonamides is 1. The van der Waals surface area contributed by atoms with Gasteiger partial charge in [-0.1, -0.05) is 11.6 Å². The Bertz CT molecular complexity index is 712. The molecular formula is C12H14ClN3O3S. The Balaban J connectivity index is 2.43. The predicted molar refractivity (Wildman–Crippen MR) is 76.7 cm³/mol. The molecule has 2 aromatic rings. The maximum atomic E-state index is 12.4. The Labute approximate surface area is 122 Å². The predicted octanol–water partition coefficient (Wildman–Crippen LogP) is 2.37. The van der Waals surface area contributed by atoms with E-state index in [1.165, 1.54) is 30.1 Å². The second kappa shape index (κ2) is 5.72. The van der Waals surface area contributed by atoms with Gasteiger partial charge in [0.05, 0.1) is 13.3 Å². The summed E-state index contributed by atoms with van der Waals surface area (Å²) in [6.45, 7) is 2.42. The number of ether oxygens (including phenoxy) is 1. The molecule has 0 aliphatic rings. The molecule has 0 atom stereocenters. The van der Waals surface area contributed by atoms with Crippen LogP contribution >= 0.6 is 11.6 Å². The number of halogens is 1. The van der Waals surface area contributed by atoms with Crippen LogP contribution in [0.1, 0.15) is 6.92 Å². The summed E-state index contributed by atoms with van der Waals surface area (Å²) >= 11 is 5.85. The van der Waals surface area contributed by atoms with Crippen LogP contribution in [-0.2, 0) is 16.6 Å². The molecule has 0 radical (unpaired) electrons. The van der Waals surface area contributed by atoms with Crippen LogP contribution in [0.3, 0.4) is 0 Å². The lowest BCUT2D eigenvalue weighted by molar-refractivity contribution is 0.403. The van der Waals surface area contributed by atoms with Crippen LogP contribution in [-0.4, -0.2) is 25.3 Å². The molecule has 0 aliphatic heterocycles. The summed E-state index contributed by atoms with van der Waals surface area (Å²) in [6, 6.07) is 6.00. The van der Waals surface area contributed by atoms with Gasteiger partial charge in [0, 0.05) is 17.6 Å². The smallest absolute Gasteiger partial charge is 0.266 e. The van der Waals surface area contributed by atoms with Crippen LogP contribution in [0.2, 0.25) is 5.02 Å². The third kappa shape index (κ3) is 2.88. The maximum absolute atomic E-state index is 12.4. The molecule has 6 nitrogen and oxygen atoms in total. The van der Waals surface area contributed by atoms with Crippen LogP contribution < -0.4 is 9.46 Å². The summed E-state index contributed by atoms with van der Waals surface area (Å²) < 4.78 is 33.9. The third-order valence-electron chi connectivity index (χ3n) is 2.67. The van der Waals surface area contributed by atoms with Crippen molar-refractivity contribution in [2.24, 2.45) is 0 Å². The average molecular weight is 316 g/mol. The largest absolute Gasteiger partial charge is 0.495 e. The van der Waals surface area contributed by atoms with E-state index in [1.54, 1.807) is 12.1 Å². The lowest BCUT2D eigenvalue weighted by Gasteiger charge is -2.12. The van der Waals surface area contributed by atoms with Gasteiger partial charge in [-0.05, 0) is 25.1 Å². The van der Waals surface area contributed by atoms with Crippen LogP contribution in [0.4, 0.5) is 5.82 Å². The summed E-state index contributed by atoms with van der Waals surface area (Å²) in [5, 5.41) is 4.32. The second-order valence-corrected chi connectivity index (χ2v) is 6.02. The van der Waals surface area contributed by atoms with Crippen LogP contribution in [0.5, 0.6) is 5.75 Å². The van der Waals surface area contributed by atoms with Crippen LogP contribution in [0.15, 0.2) is 35.4 Å². The third-order valence-corrected chi connectivity index (χ3v) is 4.28. The van der Waals surface area contributed by atoms with Gasteiger partial charge < -0.3 is 4.74 Å². The highest BCUT2D eigenvalue weighted by molar-refractivity contribution is 7.92. The van der Waals surface area contributed by atoms with E-state index in [-0.39, 0.29) is 10.6 Å². The topological polar surface area (TPSA) is 73.2 Å². The van der Waals surface area contributed by atoms with E-state index in [4.69, 9.17) is 16.3 Å². The van der Waals surface area contributed by atoms with Crippen molar-refractivity contribution in [3.8, 4) is 5.75 Å². The van der Waals surface area contributed by atoms with Gasteiger partial charge in [0.2, 0.25) is 0 Å². The number of aryl methyl sites for hydroxylation is 1. The Morgan fingerprint density at radius 1 is 1.40 bits per heavy atom. The van der Waals surface area contributed by atoms with Crippen molar-refractivity contribution in [2.75, 3.05) is 11.8 Å². The summed E-state index contributed by atoms with van der Waals surface area (Å²) in [5.74, 6) is 0.610. The molecule has 0 bridgehead atoms. The molecule has 1 aromatic heterocycles. The van der Waals surface area contributed by atoms with Gasteiger partial charge in [-0.2, -0.15) is 5.10 Å². The second-order valence-electron chi connectivity index (χ2n) is 3.93. The first kappa shape index (κ1) is 14.7. The molecule has 0 saturated heterocycles. The van der Waals surface area contributed by atoms with E-state index in [0.717, 1.165) is 0 Å². The van der Waals surface area contributed by atoms with Gasteiger partial charge in [0.15, 0.2) is 0 Å². The lowest BCUT2D eigenvalue weighted by atomic mass is 10.3. The highest BCUT2D eigenvalue weighted by Gasteiger charge is 2.21. The Hall–Kier alpha value is -1.73. The summed E-state index contributed by atoms with van der Waals surface area (Å²) in [4.78, 5) is -0.0173. The van der Waals surface area contributed by atoms with Crippen LogP contribution in [0, 0.1) is 0 Å². The van der Waals surface area contributed by atoms with Crippen molar-refractivity contribution in [1.29, 1.82) is 0 Å². The maximum Gasteiger partial charge on any atom is 0.266 e. The summed E-state index contributed by atoms with van der Waals surface area (Å²) in [7, 11) is -2.40. The average Bonchev–Trinajstić information content (AvgIpc) is 2.85. The fraction of sp³-hybridized carbons (Fsp3) is 0.250. The molecule has 0 saturated carbocycles. The van der Waals surface area contributed by atoms with Gasteiger partial charge >= 0.3 is 0 Å². The number of hydrogen-bond donors (Lipinski definition) is 1. The Morgan fingerprint density at radius 3 is 2.80 bits per heavy atom. The van der Waals surface area contributed by atoms with E-state index < -0.39 is 10.0 Å². The molecule has 2 rings (SSSR count). The number of rotatable bonds is 5. The lowest BCUT2D eigenvalue weighted by Crippen LogP contribution is -2.17. The molecular weight excluding hydrogens is 302 g/mol. The van der Waals surface area contributed by atoms with E-state index >= 15 is 0 Å². The number of anilines is 1. The summed E-state index contributed by atoms with van der Waals surface area (Å²) in [6.07, 6.45) is 1.52. The van der Waals surface area contributed by atoms with Gasteiger partial charge in [0.1, 0.15) is 16.5 Å². The van der Waals surface area contributed by atoms with Crippen molar-refractivity contribution in [3.63, 3.8) is 0 Å². The van der Waals surface area contributed by atoms with Gasteiger partial charge in [-0.15, -0.1) is 0 Å². The Kier molecular flexibility index (Phi) is 4.20. The van der Waals surface area contributed by atoms with E-state index in [9.17, 15) is 8.42 Å². The quantitative estimate of drug-likeness (QED) is 0.919. The van der Waals surface area contributed by atoms with Gasteiger partial charge in [-0.3, -0.25) is 4.72 Å². The zero-order valence-corrected chi connectivity index (χ0v) is 12.6. The number of nitrogens with one attached hydrogen (secondary N) is 1. The van der Waals surface area contributed by atoms with Crippen molar-refractivity contribution in [2.45, 2.75) is 18.4 Å². The normalized spacial score (nSPS) is 11.3. The Morgan fingerprint density at radius 2 is 2.15 bits per heavy atom. The van der Waals surface area contributed by atoms with Crippen LogP contribution in [0.25, 0.3) is 0 Å². The molecule has 1 heterocycles. The minimum atomic E-state index is -3.80. The monoisotopic (exact) mass is 315 g/mol. The first-order valence-electron chi connectivity index (χ1n) is 5.86. The SMILES string of the molecule is CCn1nccc1NS(=O)(=O)c1cc(Cl)ccc1OC. The molecule has 1 N–H and O–H groups in total. The highest BCUT2D eigenvalue weighted by atomic mass is 35.5. The molecule has 108 valence electrons. The summed E-state index contributed by atoms with van der Waals surface area (Å²) in [5.41, 5.74) is 0. The zero-order chi connectivity index (χ0) is 14.8. The molecule has 1 aromatic carbocycles. The molecule has 0 unspecified atom stereocenters. The fourth-order valence-electron chi connectivity index (χ4n) is 1.72. The number of aromatic nitrogens is 2. The number of nitrogens with zero attached hydrogens (tertiary/aromatic N) is 2. The highest BCUT2D eigenvalue weighted by Crippen LogP contribution is 2.28. The minimum absolute atomic E-state index is 0.0173. The molecule has 8 heteroatoms. The number of hydrogen-bond acceptors (Lipinski definition) is 4. The molecule has 0 aliphatic carbocycles. The zero-order valence-electron chi connectivity index (χ0n) is 11.0. The number of methoxy groups -OCH3 is 1. The van der Waals surface area contributed by atoms with Crippen molar-refractivity contribution < 1.29 is 13.2 Å². The first-order valence-corrected chi connectivity index (χ1v) is 7.72. The fourth-order valence-corrected chi connectivity index (χ4v) is 3.22. The molecule has 0 spiro atoms. The first-order chi connectivity index (χ1) is 9.47. The molecule has 0 amide bonds. The molecule has 20 heavy (non-hydrogen) atoms. The van der Waals surface area contributed by atoms with E-state index in [2.05, 4.69) is 9.82 Å². The van der Waals surface area contributed by atoms with Crippen molar-refractivity contribution in [3.05, 3.63) is 35.5 Å². The van der Waals surface area contributed by atoms with E-state index in [0.29, 0.717) is 17.4 Å². The van der Waals surface area contributed by atoms with Gasteiger partial charge in [-0.25, -0.2) is 13.1 Å². The number of benzene rings is 1. The minimum Gasteiger partial charge on any atom is -0.495 e. The standard InChI is InChI=1S/C12H14ClN3O3S/c1-3-16-12(6-7-14-16)15-20(17,18)11-8-9(13)4-5-10(11)19-2/h4-8,15H,3H2,1-2H3. The van der Waals surface area contributed by atoms with Gasteiger partial charge in [0.25, 0.3) is 10.0 Å².